The van der Waals surface area contributed by atoms with Crippen molar-refractivity contribution < 1.29 is 4.74 Å². The minimum Gasteiger partial charge on any atom is -0.378 e. The molecule has 0 bridgehead atoms. The molecule has 0 aromatic carbocycles. The molecule has 2 aliphatic heterocycles. The third kappa shape index (κ3) is 2.41. The third-order valence-corrected chi connectivity index (χ3v) is 4.48. The SMILES string of the molecule is CC1OCCC1CNC1CCN(C2CC2)C1. The summed E-state index contributed by atoms with van der Waals surface area (Å²) in [6.45, 7) is 6.94. The van der Waals surface area contributed by atoms with Crippen LogP contribution in [0.2, 0.25) is 0 Å². The van der Waals surface area contributed by atoms with Gasteiger partial charge in [0.15, 0.2) is 0 Å². The topological polar surface area (TPSA) is 24.5 Å². The number of rotatable bonds is 4. The molecule has 0 radical (unpaired) electrons. The third-order valence-electron chi connectivity index (χ3n) is 4.48. The van der Waals surface area contributed by atoms with Crippen molar-refractivity contribution in [3.8, 4) is 0 Å². The van der Waals surface area contributed by atoms with E-state index in [2.05, 4.69) is 17.1 Å². The van der Waals surface area contributed by atoms with Crippen molar-refractivity contribution in [3.63, 3.8) is 0 Å². The van der Waals surface area contributed by atoms with Gasteiger partial charge in [-0.15, -0.1) is 0 Å². The fourth-order valence-corrected chi connectivity index (χ4v) is 3.09. The molecule has 3 heteroatoms. The van der Waals surface area contributed by atoms with Gasteiger partial charge in [0.2, 0.25) is 0 Å². The fraction of sp³-hybridized carbons (Fsp3) is 1.00. The number of hydrogen-bond acceptors (Lipinski definition) is 3. The summed E-state index contributed by atoms with van der Waals surface area (Å²) in [5.41, 5.74) is 0. The molecule has 16 heavy (non-hydrogen) atoms. The molecule has 3 nitrogen and oxygen atoms in total. The van der Waals surface area contributed by atoms with Gasteiger partial charge in [0, 0.05) is 38.3 Å². The average Bonchev–Trinajstić information content (AvgIpc) is 2.89. The van der Waals surface area contributed by atoms with Crippen molar-refractivity contribution in [1.82, 2.24) is 10.2 Å². The summed E-state index contributed by atoms with van der Waals surface area (Å²) in [7, 11) is 0. The van der Waals surface area contributed by atoms with Crippen molar-refractivity contribution in [2.45, 2.75) is 50.8 Å². The normalized spacial score (nSPS) is 40.7. The molecular weight excluding hydrogens is 200 g/mol. The minimum absolute atomic E-state index is 0.466. The van der Waals surface area contributed by atoms with E-state index in [1.165, 1.54) is 38.8 Å². The fourth-order valence-electron chi connectivity index (χ4n) is 3.09. The summed E-state index contributed by atoms with van der Waals surface area (Å²) in [6.07, 6.45) is 5.94. The summed E-state index contributed by atoms with van der Waals surface area (Å²) in [5.74, 6) is 0.745. The summed E-state index contributed by atoms with van der Waals surface area (Å²) >= 11 is 0. The molecule has 3 unspecified atom stereocenters. The first-order valence-electron chi connectivity index (χ1n) is 6.92. The number of nitrogens with one attached hydrogen (secondary N) is 1. The van der Waals surface area contributed by atoms with E-state index in [1.54, 1.807) is 0 Å². The summed E-state index contributed by atoms with van der Waals surface area (Å²) in [4.78, 5) is 2.67. The van der Waals surface area contributed by atoms with Crippen LogP contribution in [0.25, 0.3) is 0 Å². The molecular formula is C13H24N2O. The number of likely N-dealkylation sites (tertiary alicyclic amines) is 1. The van der Waals surface area contributed by atoms with E-state index in [-0.39, 0.29) is 0 Å². The highest BCUT2D eigenvalue weighted by molar-refractivity contribution is 4.92. The molecule has 3 rings (SSSR count). The molecule has 0 aromatic heterocycles. The van der Waals surface area contributed by atoms with Gasteiger partial charge in [-0.25, -0.2) is 0 Å². The predicted octanol–water partition coefficient (Wildman–Crippen LogP) is 1.24. The molecule has 3 atom stereocenters. The maximum absolute atomic E-state index is 5.60. The van der Waals surface area contributed by atoms with Crippen LogP contribution in [-0.2, 0) is 4.74 Å². The first-order valence-corrected chi connectivity index (χ1v) is 6.92. The predicted molar refractivity (Wildman–Crippen MR) is 64.5 cm³/mol. The molecule has 3 fully saturated rings. The van der Waals surface area contributed by atoms with Gasteiger partial charge in [0.25, 0.3) is 0 Å². The standard InChI is InChI=1S/C13H24N2O/c1-10-11(5-7-16-10)8-14-12-4-6-15(9-12)13-2-3-13/h10-14H,2-9H2,1H3. The Labute approximate surface area is 98.5 Å². The van der Waals surface area contributed by atoms with E-state index in [4.69, 9.17) is 4.74 Å². The molecule has 0 aromatic rings. The molecule has 0 spiro atoms. The lowest BCUT2D eigenvalue weighted by Crippen LogP contribution is -2.37. The van der Waals surface area contributed by atoms with E-state index in [0.717, 1.165) is 31.2 Å². The Morgan fingerprint density at radius 2 is 2.12 bits per heavy atom. The van der Waals surface area contributed by atoms with Gasteiger partial charge in [-0.05, 0) is 38.5 Å². The Kier molecular flexibility index (Phi) is 3.18. The zero-order valence-corrected chi connectivity index (χ0v) is 10.3. The van der Waals surface area contributed by atoms with Crippen LogP contribution in [0.3, 0.4) is 0 Å². The van der Waals surface area contributed by atoms with Crippen LogP contribution in [0.5, 0.6) is 0 Å². The van der Waals surface area contributed by atoms with Crippen molar-refractivity contribution in [2.24, 2.45) is 5.92 Å². The number of nitrogens with zero attached hydrogens (tertiary/aromatic N) is 1. The van der Waals surface area contributed by atoms with Gasteiger partial charge in [0.05, 0.1) is 6.10 Å². The largest absolute Gasteiger partial charge is 0.378 e. The zero-order valence-electron chi connectivity index (χ0n) is 10.3. The molecule has 1 N–H and O–H groups in total. The van der Waals surface area contributed by atoms with Crippen LogP contribution in [0.15, 0.2) is 0 Å². The lowest BCUT2D eigenvalue weighted by atomic mass is 10.0. The maximum Gasteiger partial charge on any atom is 0.0588 e. The second-order valence-electron chi connectivity index (χ2n) is 5.74. The molecule has 3 aliphatic rings. The monoisotopic (exact) mass is 224 g/mol. The van der Waals surface area contributed by atoms with E-state index in [0.29, 0.717) is 6.10 Å². The van der Waals surface area contributed by atoms with Gasteiger partial charge < -0.3 is 10.1 Å². The lowest BCUT2D eigenvalue weighted by Gasteiger charge is -2.19. The lowest BCUT2D eigenvalue weighted by molar-refractivity contribution is 0.105. The Morgan fingerprint density at radius 1 is 1.25 bits per heavy atom. The first kappa shape index (κ1) is 11.0. The van der Waals surface area contributed by atoms with Crippen molar-refractivity contribution >= 4 is 0 Å². The van der Waals surface area contributed by atoms with Crippen LogP contribution >= 0.6 is 0 Å². The summed E-state index contributed by atoms with van der Waals surface area (Å²) < 4.78 is 5.60. The van der Waals surface area contributed by atoms with Crippen LogP contribution in [0, 0.1) is 5.92 Å². The van der Waals surface area contributed by atoms with Gasteiger partial charge in [-0.2, -0.15) is 0 Å². The van der Waals surface area contributed by atoms with Crippen LogP contribution in [0.4, 0.5) is 0 Å². The Morgan fingerprint density at radius 3 is 2.81 bits per heavy atom. The van der Waals surface area contributed by atoms with Crippen molar-refractivity contribution in [2.75, 3.05) is 26.2 Å². The van der Waals surface area contributed by atoms with E-state index >= 15 is 0 Å². The molecule has 2 saturated heterocycles. The number of hydrogen-bond donors (Lipinski definition) is 1. The smallest absolute Gasteiger partial charge is 0.0588 e. The quantitative estimate of drug-likeness (QED) is 0.777. The van der Waals surface area contributed by atoms with Crippen LogP contribution in [0.1, 0.15) is 32.6 Å². The Balaban J connectivity index is 1.39. The summed E-state index contributed by atoms with van der Waals surface area (Å²) in [5, 5.41) is 3.74. The summed E-state index contributed by atoms with van der Waals surface area (Å²) in [6, 6.07) is 1.69. The highest BCUT2D eigenvalue weighted by atomic mass is 16.5. The van der Waals surface area contributed by atoms with Crippen LogP contribution < -0.4 is 5.32 Å². The van der Waals surface area contributed by atoms with Gasteiger partial charge >= 0.3 is 0 Å². The highest BCUT2D eigenvalue weighted by Gasteiger charge is 2.34. The second-order valence-corrected chi connectivity index (χ2v) is 5.74. The first-order chi connectivity index (χ1) is 7.83. The highest BCUT2D eigenvalue weighted by Crippen LogP contribution is 2.30. The van der Waals surface area contributed by atoms with Crippen LogP contribution in [-0.4, -0.2) is 49.3 Å². The van der Waals surface area contributed by atoms with Crippen molar-refractivity contribution in [1.29, 1.82) is 0 Å². The van der Waals surface area contributed by atoms with Gasteiger partial charge in [0.1, 0.15) is 0 Å². The van der Waals surface area contributed by atoms with E-state index < -0.39 is 0 Å². The second kappa shape index (κ2) is 4.63. The molecule has 2 heterocycles. The van der Waals surface area contributed by atoms with Gasteiger partial charge in [-0.1, -0.05) is 0 Å². The molecule has 0 amide bonds. The van der Waals surface area contributed by atoms with E-state index in [1.807, 2.05) is 0 Å². The molecule has 1 aliphatic carbocycles. The Hall–Kier alpha value is -0.120. The molecule has 92 valence electrons. The minimum atomic E-state index is 0.466. The Bertz CT molecular complexity index is 242. The maximum atomic E-state index is 5.60. The van der Waals surface area contributed by atoms with Crippen molar-refractivity contribution in [3.05, 3.63) is 0 Å². The number of ether oxygens (including phenoxy) is 1. The van der Waals surface area contributed by atoms with E-state index in [9.17, 15) is 0 Å². The van der Waals surface area contributed by atoms with Gasteiger partial charge in [-0.3, -0.25) is 4.90 Å². The molecule has 1 saturated carbocycles. The zero-order chi connectivity index (χ0) is 11.0. The average molecular weight is 224 g/mol.